The first-order valence-corrected chi connectivity index (χ1v) is 6.47. The Labute approximate surface area is 94.2 Å². The normalized spacial score (nSPS) is 36.6. The molecule has 2 bridgehead atoms. The molecule has 14 heavy (non-hydrogen) atoms. The first kappa shape index (κ1) is 10.5. The van der Waals surface area contributed by atoms with Gasteiger partial charge in [-0.05, 0) is 25.7 Å². The summed E-state index contributed by atoms with van der Waals surface area (Å²) in [4.78, 5) is 14.8. The molecule has 3 heteroatoms. The smallest absolute Gasteiger partial charge is 0.225 e. The number of hydrogen-bond donors (Lipinski definition) is 0. The Morgan fingerprint density at radius 1 is 1.29 bits per heavy atom. The van der Waals surface area contributed by atoms with Gasteiger partial charge in [-0.3, -0.25) is 4.79 Å². The minimum atomic E-state index is 0.157. The zero-order valence-electron chi connectivity index (χ0n) is 8.87. The van der Waals surface area contributed by atoms with Gasteiger partial charge in [-0.1, -0.05) is 29.8 Å². The van der Waals surface area contributed by atoms with Gasteiger partial charge in [0.25, 0.3) is 0 Å². The fourth-order valence-electron chi connectivity index (χ4n) is 2.77. The lowest BCUT2D eigenvalue weighted by atomic mass is 10.0. The van der Waals surface area contributed by atoms with Gasteiger partial charge in [0, 0.05) is 22.8 Å². The van der Waals surface area contributed by atoms with Crippen LogP contribution in [0.15, 0.2) is 0 Å². The third kappa shape index (κ3) is 1.71. The second-order valence-corrected chi connectivity index (χ2v) is 6.15. The zero-order valence-corrected chi connectivity index (χ0v) is 10.5. The molecule has 0 aromatic carbocycles. The average Bonchev–Trinajstić information content (AvgIpc) is 2.37. The van der Waals surface area contributed by atoms with Crippen LogP contribution in [0.3, 0.4) is 0 Å². The monoisotopic (exact) mass is 259 g/mol. The van der Waals surface area contributed by atoms with E-state index in [1.165, 1.54) is 12.8 Å². The molecule has 2 atom stereocenters. The number of alkyl halides is 1. The van der Waals surface area contributed by atoms with Crippen molar-refractivity contribution in [1.29, 1.82) is 0 Å². The van der Waals surface area contributed by atoms with Crippen LogP contribution in [0.5, 0.6) is 0 Å². The Morgan fingerprint density at radius 3 is 2.21 bits per heavy atom. The summed E-state index contributed by atoms with van der Waals surface area (Å²) in [6.45, 7) is 4.00. The van der Waals surface area contributed by atoms with E-state index >= 15 is 0 Å². The molecular formula is C11H18BrNO. The number of halogens is 1. The molecular weight excluding hydrogens is 242 g/mol. The molecule has 80 valence electrons. The quantitative estimate of drug-likeness (QED) is 0.663. The summed E-state index contributed by atoms with van der Waals surface area (Å²) in [5, 5.41) is 0. The van der Waals surface area contributed by atoms with Gasteiger partial charge in [-0.2, -0.15) is 0 Å². The number of piperidine rings is 1. The number of carbonyl (C=O) groups excluding carboxylic acids is 1. The first-order valence-electron chi connectivity index (χ1n) is 5.56. The van der Waals surface area contributed by atoms with Crippen molar-refractivity contribution in [3.05, 3.63) is 0 Å². The van der Waals surface area contributed by atoms with Gasteiger partial charge >= 0.3 is 0 Å². The van der Waals surface area contributed by atoms with Crippen LogP contribution < -0.4 is 0 Å². The van der Waals surface area contributed by atoms with E-state index in [2.05, 4.69) is 20.8 Å². The number of carbonyl (C=O) groups is 1. The van der Waals surface area contributed by atoms with Crippen LogP contribution in [0.1, 0.15) is 39.5 Å². The Kier molecular flexibility index (Phi) is 2.87. The summed E-state index contributed by atoms with van der Waals surface area (Å²) in [6.07, 6.45) is 4.72. The molecule has 0 aromatic heterocycles. The molecule has 2 aliphatic rings. The molecule has 0 saturated carbocycles. The largest absolute Gasteiger partial charge is 0.336 e. The molecule has 0 aliphatic carbocycles. The van der Waals surface area contributed by atoms with E-state index in [-0.39, 0.29) is 5.92 Å². The van der Waals surface area contributed by atoms with Crippen LogP contribution in [-0.2, 0) is 4.79 Å². The van der Waals surface area contributed by atoms with Crippen molar-refractivity contribution in [2.75, 3.05) is 0 Å². The predicted molar refractivity (Wildman–Crippen MR) is 60.4 cm³/mol. The van der Waals surface area contributed by atoms with Crippen LogP contribution in [0, 0.1) is 5.92 Å². The van der Waals surface area contributed by atoms with Gasteiger partial charge in [0.1, 0.15) is 0 Å². The molecule has 2 rings (SSSR count). The van der Waals surface area contributed by atoms with E-state index in [9.17, 15) is 4.79 Å². The predicted octanol–water partition coefficient (Wildman–Crippen LogP) is 2.56. The Bertz CT molecular complexity index is 227. The molecule has 1 amide bonds. The standard InChI is InChI=1S/C11H18BrNO/c1-7(2)11(14)13-9-3-4-10(13)6-8(12)5-9/h7-10H,3-6H2,1-2H3. The van der Waals surface area contributed by atoms with Crippen LogP contribution in [0.4, 0.5) is 0 Å². The van der Waals surface area contributed by atoms with E-state index in [0.29, 0.717) is 22.8 Å². The lowest BCUT2D eigenvalue weighted by Crippen LogP contribution is -2.48. The van der Waals surface area contributed by atoms with Crippen molar-refractivity contribution in [2.45, 2.75) is 56.4 Å². The fraction of sp³-hybridized carbons (Fsp3) is 0.909. The first-order chi connectivity index (χ1) is 6.59. The van der Waals surface area contributed by atoms with Crippen molar-refractivity contribution >= 4 is 21.8 Å². The van der Waals surface area contributed by atoms with Gasteiger partial charge < -0.3 is 4.90 Å². The van der Waals surface area contributed by atoms with Crippen LogP contribution in [0.25, 0.3) is 0 Å². The van der Waals surface area contributed by atoms with E-state index in [0.717, 1.165) is 12.8 Å². The summed E-state index contributed by atoms with van der Waals surface area (Å²) in [6, 6.07) is 1.04. The molecule has 2 nitrogen and oxygen atoms in total. The molecule has 2 heterocycles. The van der Waals surface area contributed by atoms with Crippen molar-refractivity contribution in [1.82, 2.24) is 4.90 Å². The zero-order chi connectivity index (χ0) is 10.3. The highest BCUT2D eigenvalue weighted by Gasteiger charge is 2.42. The number of rotatable bonds is 1. The Hall–Kier alpha value is -0.0500. The van der Waals surface area contributed by atoms with E-state index < -0.39 is 0 Å². The minimum absolute atomic E-state index is 0.157. The van der Waals surface area contributed by atoms with Gasteiger partial charge in [-0.15, -0.1) is 0 Å². The highest BCUT2D eigenvalue weighted by molar-refractivity contribution is 9.09. The lowest BCUT2D eigenvalue weighted by molar-refractivity contribution is -0.138. The van der Waals surface area contributed by atoms with Crippen molar-refractivity contribution < 1.29 is 4.79 Å². The highest BCUT2D eigenvalue weighted by atomic mass is 79.9. The van der Waals surface area contributed by atoms with Crippen LogP contribution in [0.2, 0.25) is 0 Å². The van der Waals surface area contributed by atoms with E-state index in [1.807, 2.05) is 13.8 Å². The van der Waals surface area contributed by atoms with E-state index in [1.54, 1.807) is 0 Å². The van der Waals surface area contributed by atoms with Gasteiger partial charge in [0.15, 0.2) is 0 Å². The maximum absolute atomic E-state index is 12.0. The van der Waals surface area contributed by atoms with Gasteiger partial charge in [0.05, 0.1) is 0 Å². The topological polar surface area (TPSA) is 20.3 Å². The lowest BCUT2D eigenvalue weighted by Gasteiger charge is -2.38. The Morgan fingerprint density at radius 2 is 1.79 bits per heavy atom. The molecule has 0 radical (unpaired) electrons. The third-order valence-corrected chi connectivity index (χ3v) is 4.17. The third-order valence-electron chi connectivity index (χ3n) is 3.42. The fourth-order valence-corrected chi connectivity index (χ4v) is 3.63. The summed E-state index contributed by atoms with van der Waals surface area (Å²) in [7, 11) is 0. The van der Waals surface area contributed by atoms with Gasteiger partial charge in [0.2, 0.25) is 5.91 Å². The van der Waals surface area contributed by atoms with Crippen molar-refractivity contribution in [3.8, 4) is 0 Å². The van der Waals surface area contributed by atoms with E-state index in [4.69, 9.17) is 0 Å². The minimum Gasteiger partial charge on any atom is -0.336 e. The SMILES string of the molecule is CC(C)C(=O)N1C2CCC1CC(Br)C2. The van der Waals surface area contributed by atoms with Gasteiger partial charge in [-0.25, -0.2) is 0 Å². The molecule has 0 aromatic rings. The maximum atomic E-state index is 12.0. The molecule has 2 saturated heterocycles. The molecule has 2 aliphatic heterocycles. The maximum Gasteiger partial charge on any atom is 0.225 e. The number of nitrogens with zero attached hydrogens (tertiary/aromatic N) is 1. The molecule has 0 N–H and O–H groups in total. The summed E-state index contributed by atoms with van der Waals surface area (Å²) >= 11 is 3.68. The molecule has 0 spiro atoms. The number of fused-ring (bicyclic) bond motifs is 2. The second kappa shape index (κ2) is 3.84. The average molecular weight is 260 g/mol. The highest BCUT2D eigenvalue weighted by Crippen LogP contribution is 2.39. The van der Waals surface area contributed by atoms with Crippen LogP contribution in [-0.4, -0.2) is 27.7 Å². The second-order valence-electron chi connectivity index (χ2n) is 4.85. The number of hydrogen-bond acceptors (Lipinski definition) is 1. The Balaban J connectivity index is 2.11. The van der Waals surface area contributed by atoms with Crippen molar-refractivity contribution in [2.24, 2.45) is 5.92 Å². The number of amides is 1. The summed E-state index contributed by atoms with van der Waals surface area (Å²) < 4.78 is 0. The molecule has 2 unspecified atom stereocenters. The van der Waals surface area contributed by atoms with Crippen molar-refractivity contribution in [3.63, 3.8) is 0 Å². The molecule has 2 fully saturated rings. The van der Waals surface area contributed by atoms with Crippen LogP contribution >= 0.6 is 15.9 Å². The summed E-state index contributed by atoms with van der Waals surface area (Å²) in [5.41, 5.74) is 0. The summed E-state index contributed by atoms with van der Waals surface area (Å²) in [5.74, 6) is 0.516.